The second kappa shape index (κ2) is 8.86. The number of nitrogens with one attached hydrogen (secondary N) is 1. The molecule has 1 atom stereocenters. The maximum Gasteiger partial charge on any atom is 0.326 e. The molecule has 0 radical (unpaired) electrons. The van der Waals surface area contributed by atoms with Crippen molar-refractivity contribution in [1.29, 1.82) is 0 Å². The van der Waals surface area contributed by atoms with Crippen LogP contribution in [0.15, 0.2) is 18.2 Å². The Bertz CT molecular complexity index is 534. The number of hydrogen-bond donors (Lipinski definition) is 2. The molecule has 1 rings (SSSR count). The molecule has 1 aromatic rings. The first-order valence-corrected chi connectivity index (χ1v) is 7.67. The second-order valence-corrected chi connectivity index (χ2v) is 6.00. The standard InChI is InChI=1S/C15H19Cl2NO4/c1-9(2)14(15(20)21)18-13(19)4-3-7-22-12-6-5-10(16)8-11(12)17/h5-6,8-9,14H,3-4,7H2,1-2H3,(H,18,19)(H,20,21). The highest BCUT2D eigenvalue weighted by atomic mass is 35.5. The largest absolute Gasteiger partial charge is 0.492 e. The van der Waals surface area contributed by atoms with Gasteiger partial charge >= 0.3 is 5.97 Å². The first-order valence-electron chi connectivity index (χ1n) is 6.91. The number of hydrogen-bond acceptors (Lipinski definition) is 3. The van der Waals surface area contributed by atoms with Crippen LogP contribution in [0.3, 0.4) is 0 Å². The minimum absolute atomic E-state index is 0.175. The van der Waals surface area contributed by atoms with Crippen molar-refractivity contribution in [2.45, 2.75) is 32.7 Å². The van der Waals surface area contributed by atoms with E-state index in [1.54, 1.807) is 32.0 Å². The molecular weight excluding hydrogens is 329 g/mol. The van der Waals surface area contributed by atoms with Gasteiger partial charge in [-0.15, -0.1) is 0 Å². The fraction of sp³-hybridized carbons (Fsp3) is 0.467. The van der Waals surface area contributed by atoms with Crippen LogP contribution in [0.2, 0.25) is 10.0 Å². The summed E-state index contributed by atoms with van der Waals surface area (Å²) in [6, 6.07) is 4.02. The van der Waals surface area contributed by atoms with E-state index in [0.717, 1.165) is 0 Å². The van der Waals surface area contributed by atoms with Gasteiger partial charge in [-0.3, -0.25) is 4.79 Å². The molecule has 0 heterocycles. The predicted octanol–water partition coefficient (Wildman–Crippen LogP) is 3.38. The van der Waals surface area contributed by atoms with Gasteiger partial charge in [0, 0.05) is 11.4 Å². The van der Waals surface area contributed by atoms with Gasteiger partial charge in [0.2, 0.25) is 5.91 Å². The Hall–Kier alpha value is -1.46. The van der Waals surface area contributed by atoms with Crippen molar-refractivity contribution in [1.82, 2.24) is 5.32 Å². The number of rotatable bonds is 8. The van der Waals surface area contributed by atoms with E-state index in [9.17, 15) is 9.59 Å². The average Bonchev–Trinajstić information content (AvgIpc) is 2.42. The van der Waals surface area contributed by atoms with E-state index >= 15 is 0 Å². The van der Waals surface area contributed by atoms with Crippen LogP contribution in [0.4, 0.5) is 0 Å². The topological polar surface area (TPSA) is 75.6 Å². The molecule has 22 heavy (non-hydrogen) atoms. The number of amides is 1. The molecule has 0 aliphatic rings. The van der Waals surface area contributed by atoms with E-state index in [-0.39, 0.29) is 18.2 Å². The molecule has 0 spiro atoms. The third-order valence-corrected chi connectivity index (χ3v) is 3.48. The third kappa shape index (κ3) is 6.12. The Morgan fingerprint density at radius 1 is 1.32 bits per heavy atom. The molecule has 2 N–H and O–H groups in total. The molecule has 0 bridgehead atoms. The number of carbonyl (C=O) groups is 2. The van der Waals surface area contributed by atoms with E-state index < -0.39 is 12.0 Å². The van der Waals surface area contributed by atoms with Gasteiger partial charge < -0.3 is 15.2 Å². The van der Waals surface area contributed by atoms with E-state index in [1.165, 1.54) is 0 Å². The molecule has 122 valence electrons. The SMILES string of the molecule is CC(C)C(NC(=O)CCCOc1ccc(Cl)cc1Cl)C(=O)O. The number of carboxylic acid groups (broad SMARTS) is 1. The second-order valence-electron chi connectivity index (χ2n) is 5.15. The Morgan fingerprint density at radius 3 is 2.55 bits per heavy atom. The summed E-state index contributed by atoms with van der Waals surface area (Å²) in [5, 5.41) is 12.4. The fourth-order valence-corrected chi connectivity index (χ4v) is 2.23. The number of carbonyl (C=O) groups excluding carboxylic acids is 1. The summed E-state index contributed by atoms with van der Waals surface area (Å²) in [5.74, 6) is -1.03. The summed E-state index contributed by atoms with van der Waals surface area (Å²) in [5.41, 5.74) is 0. The molecule has 1 unspecified atom stereocenters. The maximum atomic E-state index is 11.7. The van der Waals surface area contributed by atoms with E-state index in [0.29, 0.717) is 28.8 Å². The van der Waals surface area contributed by atoms with Gasteiger partial charge in [-0.1, -0.05) is 37.0 Å². The van der Waals surface area contributed by atoms with Crippen molar-refractivity contribution in [2.24, 2.45) is 5.92 Å². The van der Waals surface area contributed by atoms with Crippen molar-refractivity contribution < 1.29 is 19.4 Å². The van der Waals surface area contributed by atoms with Gasteiger partial charge in [-0.2, -0.15) is 0 Å². The van der Waals surface area contributed by atoms with Crippen LogP contribution in [0.1, 0.15) is 26.7 Å². The molecular formula is C15H19Cl2NO4. The van der Waals surface area contributed by atoms with E-state index in [2.05, 4.69) is 5.32 Å². The first kappa shape index (κ1) is 18.6. The average molecular weight is 348 g/mol. The van der Waals surface area contributed by atoms with Crippen LogP contribution in [0.5, 0.6) is 5.75 Å². The molecule has 0 fully saturated rings. The molecule has 1 aromatic carbocycles. The third-order valence-electron chi connectivity index (χ3n) is 2.95. The predicted molar refractivity (Wildman–Crippen MR) is 85.6 cm³/mol. The number of halogens is 2. The molecule has 0 aliphatic heterocycles. The van der Waals surface area contributed by atoms with Gasteiger partial charge in [-0.05, 0) is 30.5 Å². The summed E-state index contributed by atoms with van der Waals surface area (Å²) < 4.78 is 5.46. The highest BCUT2D eigenvalue weighted by molar-refractivity contribution is 6.35. The van der Waals surface area contributed by atoms with E-state index in [4.69, 9.17) is 33.0 Å². The zero-order valence-electron chi connectivity index (χ0n) is 12.4. The maximum absolute atomic E-state index is 11.7. The Morgan fingerprint density at radius 2 is 2.00 bits per heavy atom. The van der Waals surface area contributed by atoms with Crippen LogP contribution in [-0.4, -0.2) is 29.6 Å². The molecule has 5 nitrogen and oxygen atoms in total. The highest BCUT2D eigenvalue weighted by Crippen LogP contribution is 2.27. The van der Waals surface area contributed by atoms with E-state index in [1.807, 2.05) is 0 Å². The Balaban J connectivity index is 2.35. The number of carboxylic acids is 1. The molecule has 1 amide bonds. The van der Waals surface area contributed by atoms with Gasteiger partial charge in [0.05, 0.1) is 11.6 Å². The van der Waals surface area contributed by atoms with Crippen LogP contribution in [-0.2, 0) is 9.59 Å². The summed E-state index contributed by atoms with van der Waals surface area (Å²) in [4.78, 5) is 22.7. The quantitative estimate of drug-likeness (QED) is 0.706. The van der Waals surface area contributed by atoms with Crippen LogP contribution in [0, 0.1) is 5.92 Å². The molecule has 0 saturated carbocycles. The molecule has 0 saturated heterocycles. The number of benzene rings is 1. The molecule has 0 aliphatic carbocycles. The monoisotopic (exact) mass is 347 g/mol. The minimum Gasteiger partial charge on any atom is -0.492 e. The lowest BCUT2D eigenvalue weighted by Crippen LogP contribution is -2.44. The van der Waals surface area contributed by atoms with Crippen molar-refractivity contribution >= 4 is 35.1 Å². The van der Waals surface area contributed by atoms with Gasteiger partial charge in [-0.25, -0.2) is 4.79 Å². The molecule has 7 heteroatoms. The van der Waals surface area contributed by atoms with Crippen LogP contribution in [0.25, 0.3) is 0 Å². The minimum atomic E-state index is -1.03. The summed E-state index contributed by atoms with van der Waals surface area (Å²) in [6.45, 7) is 3.78. The van der Waals surface area contributed by atoms with Crippen molar-refractivity contribution in [3.05, 3.63) is 28.2 Å². The summed E-state index contributed by atoms with van der Waals surface area (Å²) in [7, 11) is 0. The van der Waals surface area contributed by atoms with Gasteiger partial charge in [0.25, 0.3) is 0 Å². The van der Waals surface area contributed by atoms with Crippen LogP contribution < -0.4 is 10.1 Å². The Labute approximate surface area is 139 Å². The van der Waals surface area contributed by atoms with Crippen LogP contribution >= 0.6 is 23.2 Å². The molecule has 0 aromatic heterocycles. The lowest BCUT2D eigenvalue weighted by Gasteiger charge is -2.17. The summed E-state index contributed by atoms with van der Waals surface area (Å²) in [6.07, 6.45) is 0.636. The van der Waals surface area contributed by atoms with Crippen molar-refractivity contribution in [3.8, 4) is 5.75 Å². The highest BCUT2D eigenvalue weighted by Gasteiger charge is 2.22. The zero-order chi connectivity index (χ0) is 16.7. The van der Waals surface area contributed by atoms with Crippen molar-refractivity contribution in [2.75, 3.05) is 6.61 Å². The normalized spacial score (nSPS) is 12.0. The summed E-state index contributed by atoms with van der Waals surface area (Å²) >= 11 is 11.7. The Kier molecular flexibility index (Phi) is 7.48. The number of ether oxygens (including phenoxy) is 1. The number of aliphatic carboxylic acids is 1. The van der Waals surface area contributed by atoms with Crippen molar-refractivity contribution in [3.63, 3.8) is 0 Å². The lowest BCUT2D eigenvalue weighted by atomic mass is 10.0. The fourth-order valence-electron chi connectivity index (χ4n) is 1.77. The first-order chi connectivity index (χ1) is 10.3. The lowest BCUT2D eigenvalue weighted by molar-refractivity contribution is -0.143. The smallest absolute Gasteiger partial charge is 0.326 e. The van der Waals surface area contributed by atoms with Gasteiger partial charge in [0.15, 0.2) is 0 Å². The van der Waals surface area contributed by atoms with Gasteiger partial charge in [0.1, 0.15) is 11.8 Å². The zero-order valence-corrected chi connectivity index (χ0v) is 13.9.